The molecule has 122 valence electrons. The van der Waals surface area contributed by atoms with Gasteiger partial charge in [-0.05, 0) is 17.8 Å². The molecule has 0 unspecified atom stereocenters. The Morgan fingerprint density at radius 3 is 1.19 bits per heavy atom. The van der Waals surface area contributed by atoms with Gasteiger partial charge in [-0.25, -0.2) is 0 Å². The summed E-state index contributed by atoms with van der Waals surface area (Å²) in [6, 6.07) is 0. The third-order valence-corrected chi connectivity index (χ3v) is 1.81. The molecule has 0 fully saturated rings. The van der Waals surface area contributed by atoms with Crippen molar-refractivity contribution in [2.75, 3.05) is 0 Å². The molecule has 0 aromatic carbocycles. The molecule has 0 aliphatic heterocycles. The average molecular weight is 331 g/mol. The van der Waals surface area contributed by atoms with Crippen LogP contribution in [0.15, 0.2) is 16.5 Å². The first-order valence-corrected chi connectivity index (χ1v) is 8.63. The van der Waals surface area contributed by atoms with Crippen LogP contribution in [-0.4, -0.2) is 20.4 Å². The van der Waals surface area contributed by atoms with Crippen LogP contribution in [0.25, 0.3) is 0 Å². The standard InChI is InChI=1S/2C5H12.C3H4N2S.C2H2N2S/c2*1-5(2,3)4;1-3-5-4-2-6-3;1-3-4-2-5-1/h2*1-4H3;2H,1H3;1-2H. The molecule has 0 bridgehead atoms. The van der Waals surface area contributed by atoms with Crippen LogP contribution in [0.2, 0.25) is 0 Å². The predicted octanol–water partition coefficient (Wildman–Crippen LogP) is 5.49. The van der Waals surface area contributed by atoms with Gasteiger partial charge < -0.3 is 0 Å². The maximum absolute atomic E-state index is 3.69. The molecule has 0 spiro atoms. The first-order valence-electron chi connectivity index (χ1n) is 6.81. The molecule has 2 aromatic rings. The zero-order chi connectivity index (χ0) is 16.9. The van der Waals surface area contributed by atoms with E-state index in [1.54, 1.807) is 27.9 Å². The Morgan fingerprint density at radius 2 is 1.10 bits per heavy atom. The Hall–Kier alpha value is -0.880. The summed E-state index contributed by atoms with van der Waals surface area (Å²) in [6.07, 6.45) is 0. The highest BCUT2D eigenvalue weighted by Crippen LogP contribution is 2.08. The summed E-state index contributed by atoms with van der Waals surface area (Å²) >= 11 is 3.05. The first kappa shape index (κ1) is 22.4. The van der Waals surface area contributed by atoms with E-state index >= 15 is 0 Å². The topological polar surface area (TPSA) is 51.6 Å². The number of hydrogen-bond acceptors (Lipinski definition) is 6. The maximum atomic E-state index is 3.69. The second-order valence-corrected chi connectivity index (χ2v) is 9.27. The summed E-state index contributed by atoms with van der Waals surface area (Å²) in [6.45, 7) is 19.4. The van der Waals surface area contributed by atoms with Crippen molar-refractivity contribution >= 4 is 22.7 Å². The summed E-state index contributed by atoms with van der Waals surface area (Å²) in [5, 5.41) is 15.3. The normalized spacial score (nSPS) is 10.1. The van der Waals surface area contributed by atoms with Crippen LogP contribution in [0.3, 0.4) is 0 Å². The summed E-state index contributed by atoms with van der Waals surface area (Å²) in [4.78, 5) is 0. The van der Waals surface area contributed by atoms with E-state index in [2.05, 4.69) is 75.8 Å². The van der Waals surface area contributed by atoms with Crippen molar-refractivity contribution < 1.29 is 0 Å². The second-order valence-electron chi connectivity index (χ2n) is 7.54. The van der Waals surface area contributed by atoms with Gasteiger partial charge in [0.25, 0.3) is 0 Å². The van der Waals surface area contributed by atoms with Crippen molar-refractivity contribution in [2.45, 2.75) is 62.3 Å². The van der Waals surface area contributed by atoms with Crippen LogP contribution in [-0.2, 0) is 0 Å². The lowest BCUT2D eigenvalue weighted by molar-refractivity contribution is 0.469. The molecule has 0 N–H and O–H groups in total. The quantitative estimate of drug-likeness (QED) is 0.641. The van der Waals surface area contributed by atoms with Gasteiger partial charge in [-0.3, -0.25) is 0 Å². The Kier molecular flexibility index (Phi) is 12.5. The lowest BCUT2D eigenvalue weighted by Crippen LogP contribution is -1.93. The summed E-state index contributed by atoms with van der Waals surface area (Å²) in [5.41, 5.74) is 6.08. The van der Waals surface area contributed by atoms with Gasteiger partial charge in [-0.15, -0.1) is 43.1 Å². The Labute approximate surface area is 138 Å². The SMILES string of the molecule is CC(C)(C)C.CC(C)(C)C.Cc1nncs1.c1nncs1. The average Bonchev–Trinajstić information content (AvgIpc) is 2.84. The maximum Gasteiger partial charge on any atom is 0.114 e. The van der Waals surface area contributed by atoms with Crippen molar-refractivity contribution in [3.63, 3.8) is 0 Å². The minimum absolute atomic E-state index is 0.500. The molecule has 0 aliphatic rings. The monoisotopic (exact) mass is 330 g/mol. The molecule has 0 atom stereocenters. The van der Waals surface area contributed by atoms with Crippen LogP contribution < -0.4 is 0 Å². The van der Waals surface area contributed by atoms with Gasteiger partial charge in [0.15, 0.2) is 0 Å². The lowest BCUT2D eigenvalue weighted by atomic mass is 10.0. The minimum atomic E-state index is 0.500. The first-order chi connectivity index (χ1) is 9.39. The number of nitrogens with zero attached hydrogens (tertiary/aromatic N) is 4. The number of aromatic nitrogens is 4. The van der Waals surface area contributed by atoms with E-state index in [0.717, 1.165) is 5.01 Å². The van der Waals surface area contributed by atoms with Crippen molar-refractivity contribution in [2.24, 2.45) is 10.8 Å². The van der Waals surface area contributed by atoms with E-state index in [4.69, 9.17) is 0 Å². The van der Waals surface area contributed by atoms with E-state index in [1.807, 2.05) is 6.92 Å². The highest BCUT2D eigenvalue weighted by atomic mass is 32.1. The fourth-order valence-electron chi connectivity index (χ4n) is 0.364. The highest BCUT2D eigenvalue weighted by molar-refractivity contribution is 7.09. The molecule has 4 nitrogen and oxygen atoms in total. The van der Waals surface area contributed by atoms with Gasteiger partial charge in [0.2, 0.25) is 0 Å². The molecule has 0 amide bonds. The van der Waals surface area contributed by atoms with Crippen molar-refractivity contribution in [1.29, 1.82) is 0 Å². The third-order valence-electron chi connectivity index (χ3n) is 0.752. The molecule has 0 saturated carbocycles. The van der Waals surface area contributed by atoms with Crippen molar-refractivity contribution in [3.8, 4) is 0 Å². The molecule has 21 heavy (non-hydrogen) atoms. The zero-order valence-corrected chi connectivity index (χ0v) is 16.5. The molecule has 6 heteroatoms. The fourth-order valence-corrected chi connectivity index (χ4v) is 0.978. The number of aryl methyl sites for hydroxylation is 1. The van der Waals surface area contributed by atoms with E-state index in [1.165, 1.54) is 11.3 Å². The van der Waals surface area contributed by atoms with Crippen molar-refractivity contribution in [1.82, 2.24) is 20.4 Å². The Morgan fingerprint density at radius 1 is 0.714 bits per heavy atom. The smallest absolute Gasteiger partial charge is 0.114 e. The van der Waals surface area contributed by atoms with Gasteiger partial charge in [-0.1, -0.05) is 55.4 Å². The van der Waals surface area contributed by atoms with Gasteiger partial charge in [0.05, 0.1) is 0 Å². The predicted molar refractivity (Wildman–Crippen MR) is 94.8 cm³/mol. The zero-order valence-electron chi connectivity index (χ0n) is 14.8. The molecular formula is C15H30N4S2. The van der Waals surface area contributed by atoms with Crippen molar-refractivity contribution in [3.05, 3.63) is 21.5 Å². The molecule has 0 saturated heterocycles. The molecular weight excluding hydrogens is 300 g/mol. The summed E-state index contributed by atoms with van der Waals surface area (Å²) in [5.74, 6) is 0. The largest absolute Gasteiger partial charge is 0.147 e. The molecule has 2 heterocycles. The molecule has 2 aromatic heterocycles. The van der Waals surface area contributed by atoms with Gasteiger partial charge in [-0.2, -0.15) is 0 Å². The van der Waals surface area contributed by atoms with Crippen LogP contribution in [0.5, 0.6) is 0 Å². The van der Waals surface area contributed by atoms with Crippen LogP contribution in [0, 0.1) is 17.8 Å². The number of hydrogen-bond donors (Lipinski definition) is 0. The second kappa shape index (κ2) is 11.7. The highest BCUT2D eigenvalue weighted by Gasteiger charge is 1.96. The van der Waals surface area contributed by atoms with E-state index in [0.29, 0.717) is 10.8 Å². The van der Waals surface area contributed by atoms with Crippen LogP contribution in [0.1, 0.15) is 60.4 Å². The minimum Gasteiger partial charge on any atom is -0.147 e. The Balaban J connectivity index is 0. The van der Waals surface area contributed by atoms with Crippen LogP contribution >= 0.6 is 22.7 Å². The van der Waals surface area contributed by atoms with Crippen LogP contribution in [0.4, 0.5) is 0 Å². The lowest BCUT2D eigenvalue weighted by Gasteiger charge is -2.05. The fraction of sp³-hybridized carbons (Fsp3) is 0.733. The summed E-state index contributed by atoms with van der Waals surface area (Å²) in [7, 11) is 0. The van der Waals surface area contributed by atoms with Gasteiger partial charge in [0.1, 0.15) is 21.5 Å². The van der Waals surface area contributed by atoms with E-state index < -0.39 is 0 Å². The number of rotatable bonds is 0. The molecule has 0 aliphatic carbocycles. The van der Waals surface area contributed by atoms with E-state index in [9.17, 15) is 0 Å². The molecule has 0 radical (unpaired) electrons. The van der Waals surface area contributed by atoms with Gasteiger partial charge >= 0.3 is 0 Å². The van der Waals surface area contributed by atoms with Gasteiger partial charge in [0, 0.05) is 0 Å². The third kappa shape index (κ3) is 45.3. The summed E-state index contributed by atoms with van der Waals surface area (Å²) < 4.78 is 0. The van der Waals surface area contributed by atoms with E-state index in [-0.39, 0.29) is 0 Å². The molecule has 2 rings (SSSR count). The Bertz CT molecular complexity index is 357.